The first-order valence-corrected chi connectivity index (χ1v) is 10.5. The summed E-state index contributed by atoms with van der Waals surface area (Å²) in [6.07, 6.45) is 6.77. The maximum absolute atomic E-state index is 12.9. The SMILES string of the molecule is CCCN(C(=N)N)C(=O)CC(CCC)(CCCCNCC(C)C)C(C)C. The van der Waals surface area contributed by atoms with Crippen LogP contribution in [0.15, 0.2) is 0 Å². The van der Waals surface area contributed by atoms with Gasteiger partial charge in [-0.15, -0.1) is 0 Å². The molecule has 0 aliphatic heterocycles. The van der Waals surface area contributed by atoms with Gasteiger partial charge in [0.05, 0.1) is 0 Å². The third kappa shape index (κ3) is 9.02. The Balaban J connectivity index is 4.90. The third-order valence-corrected chi connectivity index (χ3v) is 5.35. The van der Waals surface area contributed by atoms with Gasteiger partial charge in [-0.2, -0.15) is 0 Å². The highest BCUT2D eigenvalue weighted by Gasteiger charge is 2.36. The number of hydrogen-bond donors (Lipinski definition) is 3. The predicted octanol–water partition coefficient (Wildman–Crippen LogP) is 4.37. The monoisotopic (exact) mass is 368 g/mol. The quantitative estimate of drug-likeness (QED) is 0.242. The van der Waals surface area contributed by atoms with Gasteiger partial charge in [-0.05, 0) is 56.0 Å². The Kier molecular flexibility index (Phi) is 12.6. The van der Waals surface area contributed by atoms with Gasteiger partial charge in [0.1, 0.15) is 0 Å². The second-order valence-electron chi connectivity index (χ2n) is 8.43. The lowest BCUT2D eigenvalue weighted by atomic mass is 9.68. The third-order valence-electron chi connectivity index (χ3n) is 5.35. The Labute approximate surface area is 162 Å². The van der Waals surface area contributed by atoms with Gasteiger partial charge in [-0.3, -0.25) is 15.1 Å². The fraction of sp³-hybridized carbons (Fsp3) is 0.905. The molecule has 0 saturated carbocycles. The number of nitrogens with one attached hydrogen (secondary N) is 2. The molecule has 0 aromatic rings. The Morgan fingerprint density at radius 3 is 2.23 bits per heavy atom. The van der Waals surface area contributed by atoms with Crippen LogP contribution in [0.25, 0.3) is 0 Å². The molecular formula is C21H44N4O. The van der Waals surface area contributed by atoms with Crippen molar-refractivity contribution in [3.8, 4) is 0 Å². The molecule has 5 heteroatoms. The average molecular weight is 369 g/mol. The molecule has 0 aromatic carbocycles. The van der Waals surface area contributed by atoms with E-state index in [1.165, 1.54) is 4.90 Å². The second kappa shape index (κ2) is 13.1. The number of nitrogens with zero attached hydrogens (tertiary/aromatic N) is 1. The Hall–Kier alpha value is -1.10. The van der Waals surface area contributed by atoms with Crippen LogP contribution in [0, 0.1) is 22.7 Å². The number of nitrogens with two attached hydrogens (primary N) is 1. The van der Waals surface area contributed by atoms with Gasteiger partial charge < -0.3 is 11.1 Å². The van der Waals surface area contributed by atoms with Gasteiger partial charge in [0.15, 0.2) is 5.96 Å². The average Bonchev–Trinajstić information content (AvgIpc) is 2.54. The number of rotatable bonds is 14. The first-order valence-electron chi connectivity index (χ1n) is 10.5. The van der Waals surface area contributed by atoms with Crippen LogP contribution in [0.1, 0.15) is 86.5 Å². The molecule has 1 amide bonds. The van der Waals surface area contributed by atoms with Crippen molar-refractivity contribution in [2.75, 3.05) is 19.6 Å². The van der Waals surface area contributed by atoms with E-state index in [9.17, 15) is 4.79 Å². The molecule has 0 aliphatic carbocycles. The van der Waals surface area contributed by atoms with Crippen molar-refractivity contribution in [3.63, 3.8) is 0 Å². The standard InChI is InChI=1S/C21H44N4O/c1-7-11-21(18(5)6,12-9-10-13-24-16-17(3)4)15-19(26)25(14-8-2)20(22)23/h17-18,24H,7-16H2,1-6H3,(H3,22,23). The van der Waals surface area contributed by atoms with Crippen molar-refractivity contribution in [1.82, 2.24) is 10.2 Å². The number of amides is 1. The van der Waals surface area contributed by atoms with Crippen molar-refractivity contribution in [3.05, 3.63) is 0 Å². The molecule has 5 nitrogen and oxygen atoms in total. The van der Waals surface area contributed by atoms with E-state index in [1.54, 1.807) is 0 Å². The molecule has 1 atom stereocenters. The van der Waals surface area contributed by atoms with Gasteiger partial charge in [-0.1, -0.05) is 54.4 Å². The van der Waals surface area contributed by atoms with Crippen molar-refractivity contribution < 1.29 is 4.79 Å². The fourth-order valence-corrected chi connectivity index (χ4v) is 3.70. The smallest absolute Gasteiger partial charge is 0.229 e. The van der Waals surface area contributed by atoms with Crippen LogP contribution in [0.5, 0.6) is 0 Å². The molecule has 154 valence electrons. The van der Waals surface area contributed by atoms with Crippen molar-refractivity contribution in [1.29, 1.82) is 5.41 Å². The number of unbranched alkanes of at least 4 members (excludes halogenated alkanes) is 1. The van der Waals surface area contributed by atoms with Crippen molar-refractivity contribution >= 4 is 11.9 Å². The highest BCUT2D eigenvalue weighted by atomic mass is 16.2. The first-order chi connectivity index (χ1) is 12.2. The normalized spacial score (nSPS) is 13.8. The summed E-state index contributed by atoms with van der Waals surface area (Å²) in [7, 11) is 0. The Morgan fingerprint density at radius 1 is 1.12 bits per heavy atom. The van der Waals surface area contributed by atoms with E-state index < -0.39 is 0 Å². The minimum absolute atomic E-state index is 0.00528. The van der Waals surface area contributed by atoms with Crippen LogP contribution in [0.3, 0.4) is 0 Å². The molecule has 0 fully saturated rings. The van der Waals surface area contributed by atoms with E-state index in [4.69, 9.17) is 11.1 Å². The van der Waals surface area contributed by atoms with Crippen LogP contribution < -0.4 is 11.1 Å². The molecule has 4 N–H and O–H groups in total. The zero-order valence-corrected chi connectivity index (χ0v) is 18.2. The molecule has 0 bridgehead atoms. The lowest BCUT2D eigenvalue weighted by Gasteiger charge is -2.39. The largest absolute Gasteiger partial charge is 0.370 e. The van der Waals surface area contributed by atoms with E-state index in [1.807, 2.05) is 6.92 Å². The zero-order chi connectivity index (χ0) is 20.2. The van der Waals surface area contributed by atoms with Crippen LogP contribution in [-0.4, -0.2) is 36.4 Å². The van der Waals surface area contributed by atoms with Crippen molar-refractivity contribution in [2.24, 2.45) is 23.0 Å². The van der Waals surface area contributed by atoms with Gasteiger partial charge in [0, 0.05) is 13.0 Å². The summed E-state index contributed by atoms with van der Waals surface area (Å²) in [5.41, 5.74) is 5.66. The van der Waals surface area contributed by atoms with Crippen LogP contribution in [-0.2, 0) is 4.79 Å². The predicted molar refractivity (Wildman–Crippen MR) is 112 cm³/mol. The Bertz CT molecular complexity index is 409. The number of hydrogen-bond acceptors (Lipinski definition) is 3. The van der Waals surface area contributed by atoms with Gasteiger partial charge in [0.2, 0.25) is 5.91 Å². The molecule has 26 heavy (non-hydrogen) atoms. The van der Waals surface area contributed by atoms with Crippen molar-refractivity contribution in [2.45, 2.75) is 86.5 Å². The molecule has 0 saturated heterocycles. The summed E-state index contributed by atoms with van der Waals surface area (Å²) in [5.74, 6) is 1.01. The van der Waals surface area contributed by atoms with E-state index in [0.717, 1.165) is 51.6 Å². The van der Waals surface area contributed by atoms with Crippen LogP contribution in [0.2, 0.25) is 0 Å². The van der Waals surface area contributed by atoms with E-state index in [0.29, 0.717) is 24.8 Å². The molecule has 0 aliphatic rings. The van der Waals surface area contributed by atoms with E-state index in [2.05, 4.69) is 39.9 Å². The highest BCUT2D eigenvalue weighted by molar-refractivity contribution is 5.95. The Morgan fingerprint density at radius 2 is 1.77 bits per heavy atom. The van der Waals surface area contributed by atoms with Gasteiger partial charge >= 0.3 is 0 Å². The second-order valence-corrected chi connectivity index (χ2v) is 8.43. The summed E-state index contributed by atoms with van der Waals surface area (Å²) in [6, 6.07) is 0. The number of guanidine groups is 1. The van der Waals surface area contributed by atoms with Crippen LogP contribution in [0.4, 0.5) is 0 Å². The number of carbonyl (C=O) groups excluding carboxylic acids is 1. The molecule has 1 unspecified atom stereocenters. The molecule has 0 spiro atoms. The van der Waals surface area contributed by atoms with Gasteiger partial charge in [-0.25, -0.2) is 0 Å². The van der Waals surface area contributed by atoms with E-state index >= 15 is 0 Å². The zero-order valence-electron chi connectivity index (χ0n) is 18.2. The minimum atomic E-state index is -0.121. The molecule has 0 heterocycles. The van der Waals surface area contributed by atoms with E-state index in [-0.39, 0.29) is 17.3 Å². The molecule has 0 radical (unpaired) electrons. The summed E-state index contributed by atoms with van der Waals surface area (Å²) >= 11 is 0. The minimum Gasteiger partial charge on any atom is -0.370 e. The molecular weight excluding hydrogens is 324 g/mol. The maximum Gasteiger partial charge on any atom is 0.229 e. The lowest BCUT2D eigenvalue weighted by Crippen LogP contribution is -2.45. The fourth-order valence-electron chi connectivity index (χ4n) is 3.70. The topological polar surface area (TPSA) is 82.2 Å². The maximum atomic E-state index is 12.9. The van der Waals surface area contributed by atoms with Crippen LogP contribution >= 0.6 is 0 Å². The summed E-state index contributed by atoms with van der Waals surface area (Å²) in [4.78, 5) is 14.3. The summed E-state index contributed by atoms with van der Waals surface area (Å²) < 4.78 is 0. The number of carbonyl (C=O) groups is 1. The lowest BCUT2D eigenvalue weighted by molar-refractivity contribution is -0.131. The molecule has 0 rings (SSSR count). The highest BCUT2D eigenvalue weighted by Crippen LogP contribution is 2.42. The molecule has 0 aromatic heterocycles. The first kappa shape index (κ1) is 24.9. The summed E-state index contributed by atoms with van der Waals surface area (Å²) in [6.45, 7) is 15.8. The van der Waals surface area contributed by atoms with Gasteiger partial charge in [0.25, 0.3) is 0 Å². The summed E-state index contributed by atoms with van der Waals surface area (Å²) in [5, 5.41) is 11.2.